The van der Waals surface area contributed by atoms with Crippen LogP contribution in [-0.2, 0) is 30.1 Å². The molecule has 4 N–H and O–H groups in total. The van der Waals surface area contributed by atoms with E-state index in [2.05, 4.69) is 42.4 Å². The second-order valence-corrected chi connectivity index (χ2v) is 14.8. The molecule has 0 radical (unpaired) electrons. The minimum atomic E-state index is -4.87. The maximum absolute atomic E-state index is 12.0. The Hall–Kier alpha value is -4.85. The molecule has 19 heteroatoms. The smallest absolute Gasteiger partial charge is 0.295 e. The van der Waals surface area contributed by atoms with Crippen LogP contribution in [0.1, 0.15) is 5.56 Å². The van der Waals surface area contributed by atoms with Gasteiger partial charge in [-0.25, -0.2) is 8.42 Å². The van der Waals surface area contributed by atoms with E-state index in [-0.39, 0.29) is 38.5 Å². The summed E-state index contributed by atoms with van der Waals surface area (Å²) in [7, 11) is -13.2. The standard InChI is InChI=1S/C28H22ClN7O8S3/c1-3-45(37,38)21-9-6-18(7-10-21)30-27-32-26(29)33-28(34-27)31-19-8-11-24(16(2)12-19)36-35-20-5-4-17-13-22(46(39,40)41)15-25(23(17)14-20)47(42,43)44/h3-15H,1H2,2H3,(H,39,40,41)(H,42,43,44)(H2,30,31,32,33,34). The Balaban J connectivity index is 1.35. The lowest BCUT2D eigenvalue weighted by Crippen LogP contribution is -2.04. The van der Waals surface area contributed by atoms with E-state index in [1.165, 1.54) is 42.5 Å². The number of nitrogens with zero attached hydrogens (tertiary/aromatic N) is 5. The van der Waals surface area contributed by atoms with Crippen molar-refractivity contribution in [3.63, 3.8) is 0 Å². The summed E-state index contributed by atoms with van der Waals surface area (Å²) in [4.78, 5) is 11.1. The highest BCUT2D eigenvalue weighted by atomic mass is 35.5. The Labute approximate surface area is 273 Å². The van der Waals surface area contributed by atoms with Gasteiger partial charge in [0.05, 0.1) is 21.2 Å². The molecule has 0 fully saturated rings. The summed E-state index contributed by atoms with van der Waals surface area (Å²) in [5.41, 5.74) is 2.37. The number of rotatable bonds is 10. The number of aryl methyl sites for hydroxylation is 1. The largest absolute Gasteiger partial charge is 0.324 e. The molecule has 242 valence electrons. The van der Waals surface area contributed by atoms with Gasteiger partial charge in [-0.1, -0.05) is 12.6 Å². The third kappa shape index (κ3) is 7.94. The van der Waals surface area contributed by atoms with Crippen LogP contribution in [0.5, 0.6) is 0 Å². The van der Waals surface area contributed by atoms with Crippen LogP contribution in [-0.4, -0.2) is 49.3 Å². The first-order valence-corrected chi connectivity index (χ1v) is 17.8. The van der Waals surface area contributed by atoms with Gasteiger partial charge < -0.3 is 10.6 Å². The van der Waals surface area contributed by atoms with Crippen molar-refractivity contribution in [1.29, 1.82) is 0 Å². The molecule has 5 rings (SSSR count). The lowest BCUT2D eigenvalue weighted by Gasteiger charge is -2.10. The van der Waals surface area contributed by atoms with Gasteiger partial charge in [-0.3, -0.25) is 9.11 Å². The summed E-state index contributed by atoms with van der Waals surface area (Å²) in [6.07, 6.45) is 0. The second-order valence-electron chi connectivity index (χ2n) is 9.72. The van der Waals surface area contributed by atoms with E-state index in [9.17, 15) is 34.4 Å². The van der Waals surface area contributed by atoms with Gasteiger partial charge in [0.15, 0.2) is 9.84 Å². The summed E-state index contributed by atoms with van der Waals surface area (Å²) in [6, 6.07) is 16.7. The molecule has 0 unspecified atom stereocenters. The van der Waals surface area contributed by atoms with Crippen LogP contribution in [0.15, 0.2) is 110 Å². The Morgan fingerprint density at radius 2 is 1.38 bits per heavy atom. The summed E-state index contributed by atoms with van der Waals surface area (Å²) in [6.45, 7) is 5.07. The van der Waals surface area contributed by atoms with Crippen molar-refractivity contribution >= 4 is 87.1 Å². The molecule has 0 atom stereocenters. The molecule has 47 heavy (non-hydrogen) atoms. The molecule has 5 aromatic rings. The van der Waals surface area contributed by atoms with Gasteiger partial charge in [0, 0.05) is 22.2 Å². The second kappa shape index (κ2) is 12.7. The first-order valence-electron chi connectivity index (χ1n) is 13.0. The molecule has 15 nitrogen and oxygen atoms in total. The van der Waals surface area contributed by atoms with Crippen LogP contribution in [0.2, 0.25) is 5.28 Å². The number of azo groups is 1. The lowest BCUT2D eigenvalue weighted by molar-refractivity contribution is 0.482. The van der Waals surface area contributed by atoms with Crippen molar-refractivity contribution in [2.24, 2.45) is 10.2 Å². The van der Waals surface area contributed by atoms with E-state index in [1.54, 1.807) is 25.1 Å². The van der Waals surface area contributed by atoms with E-state index in [4.69, 9.17) is 11.6 Å². The van der Waals surface area contributed by atoms with Gasteiger partial charge in [-0.2, -0.15) is 42.0 Å². The van der Waals surface area contributed by atoms with Gasteiger partial charge >= 0.3 is 0 Å². The Kier molecular flexibility index (Phi) is 9.09. The summed E-state index contributed by atoms with van der Waals surface area (Å²) < 4.78 is 90.0. The van der Waals surface area contributed by atoms with Crippen molar-refractivity contribution in [2.45, 2.75) is 21.6 Å². The van der Waals surface area contributed by atoms with Gasteiger partial charge in [-0.05, 0) is 96.2 Å². The number of nitrogens with one attached hydrogen (secondary N) is 2. The third-order valence-corrected chi connectivity index (χ3v) is 9.70. The molecule has 0 spiro atoms. The lowest BCUT2D eigenvalue weighted by atomic mass is 10.1. The minimum absolute atomic E-state index is 0.0323. The van der Waals surface area contributed by atoms with E-state index in [1.807, 2.05) is 0 Å². The predicted molar refractivity (Wildman–Crippen MR) is 174 cm³/mol. The zero-order valence-corrected chi connectivity index (χ0v) is 27.1. The number of hydrogen-bond acceptors (Lipinski definition) is 13. The van der Waals surface area contributed by atoms with Crippen LogP contribution < -0.4 is 10.6 Å². The number of fused-ring (bicyclic) bond motifs is 1. The van der Waals surface area contributed by atoms with Gasteiger partial charge in [-0.15, -0.1) is 0 Å². The average Bonchev–Trinajstić information content (AvgIpc) is 2.99. The van der Waals surface area contributed by atoms with Crippen LogP contribution >= 0.6 is 11.6 Å². The number of benzene rings is 4. The van der Waals surface area contributed by atoms with Gasteiger partial charge in [0.2, 0.25) is 17.2 Å². The first kappa shape index (κ1) is 33.5. The maximum Gasteiger partial charge on any atom is 0.295 e. The first-order chi connectivity index (χ1) is 22.0. The fourth-order valence-electron chi connectivity index (χ4n) is 4.21. The molecule has 0 aliphatic carbocycles. The fourth-order valence-corrected chi connectivity index (χ4v) is 6.43. The highest BCUT2D eigenvalue weighted by molar-refractivity contribution is 7.94. The van der Waals surface area contributed by atoms with Crippen molar-refractivity contribution in [2.75, 3.05) is 10.6 Å². The van der Waals surface area contributed by atoms with Crippen molar-refractivity contribution < 1.29 is 34.4 Å². The molecule has 4 aromatic carbocycles. The predicted octanol–water partition coefficient (Wildman–Crippen LogP) is 6.30. The monoisotopic (exact) mass is 715 g/mol. The molecule has 0 aliphatic heterocycles. The van der Waals surface area contributed by atoms with Gasteiger partial charge in [0.1, 0.15) is 4.90 Å². The molecular formula is C28H22ClN7O8S3. The number of hydrogen-bond donors (Lipinski definition) is 4. The Morgan fingerprint density at radius 3 is 1.98 bits per heavy atom. The fraction of sp³-hybridized carbons (Fsp3) is 0.0357. The van der Waals surface area contributed by atoms with E-state index >= 15 is 0 Å². The van der Waals surface area contributed by atoms with Crippen LogP contribution in [0.3, 0.4) is 0 Å². The highest BCUT2D eigenvalue weighted by Crippen LogP contribution is 2.32. The molecule has 1 heterocycles. The number of halogens is 1. The SMILES string of the molecule is C=CS(=O)(=O)c1ccc(Nc2nc(Cl)nc(Nc3ccc(N=Nc4ccc5cc(S(=O)(=O)O)cc(S(=O)(=O)O)c5c4)c(C)c3)n2)cc1. The normalized spacial score (nSPS) is 12.3. The zero-order chi connectivity index (χ0) is 34.1. The molecule has 0 aliphatic rings. The average molecular weight is 716 g/mol. The zero-order valence-electron chi connectivity index (χ0n) is 23.9. The number of anilines is 4. The Bertz CT molecular complexity index is 2420. The summed E-state index contributed by atoms with van der Waals surface area (Å²) in [5.74, 6) is 0.200. The van der Waals surface area contributed by atoms with Crippen LogP contribution in [0.4, 0.5) is 34.6 Å². The van der Waals surface area contributed by atoms with E-state index in [0.29, 0.717) is 28.7 Å². The quantitative estimate of drug-likeness (QED) is 0.0920. The maximum atomic E-state index is 12.0. The molecule has 0 saturated carbocycles. The van der Waals surface area contributed by atoms with Crippen LogP contribution in [0.25, 0.3) is 10.8 Å². The summed E-state index contributed by atoms with van der Waals surface area (Å²) >= 11 is 6.10. The van der Waals surface area contributed by atoms with Gasteiger partial charge in [0.25, 0.3) is 20.2 Å². The van der Waals surface area contributed by atoms with Crippen LogP contribution in [0, 0.1) is 6.92 Å². The molecule has 1 aromatic heterocycles. The van der Waals surface area contributed by atoms with Crippen molar-refractivity contribution in [3.05, 3.63) is 95.6 Å². The van der Waals surface area contributed by atoms with Crippen molar-refractivity contribution in [3.8, 4) is 0 Å². The third-order valence-electron chi connectivity index (χ3n) is 6.44. The molecule has 0 bridgehead atoms. The summed E-state index contributed by atoms with van der Waals surface area (Å²) in [5, 5.41) is 15.1. The van der Waals surface area contributed by atoms with E-state index < -0.39 is 39.9 Å². The highest BCUT2D eigenvalue weighted by Gasteiger charge is 2.21. The Morgan fingerprint density at radius 1 is 0.745 bits per heavy atom. The number of sulfone groups is 1. The number of aromatic nitrogens is 3. The van der Waals surface area contributed by atoms with Crippen molar-refractivity contribution in [1.82, 2.24) is 15.0 Å². The minimum Gasteiger partial charge on any atom is -0.324 e. The topological polar surface area (TPSA) is 230 Å². The molecular weight excluding hydrogens is 694 g/mol. The molecule has 0 saturated heterocycles. The van der Waals surface area contributed by atoms with E-state index in [0.717, 1.165) is 11.5 Å². The molecule has 0 amide bonds.